The Balaban J connectivity index is 1.51. The van der Waals surface area contributed by atoms with E-state index in [1.165, 1.54) is 11.6 Å². The molecule has 2 heterocycles. The lowest BCUT2D eigenvalue weighted by molar-refractivity contribution is 0.624. The minimum Gasteiger partial charge on any atom is -0.311 e. The number of nitrogens with zero attached hydrogens (tertiary/aromatic N) is 2. The zero-order chi connectivity index (χ0) is 13.9. The number of benzene rings is 1. The topological polar surface area (TPSA) is 29.3 Å². The molecule has 1 aromatic carbocycles. The van der Waals surface area contributed by atoms with Crippen molar-refractivity contribution in [1.29, 1.82) is 0 Å². The van der Waals surface area contributed by atoms with Gasteiger partial charge in [-0.2, -0.15) is 0 Å². The Morgan fingerprint density at radius 3 is 3.10 bits per heavy atom. The molecule has 3 nitrogen and oxygen atoms in total. The number of hydrogen-bond acceptors (Lipinski definition) is 3. The molecular formula is C15H16FN3S. The predicted molar refractivity (Wildman–Crippen MR) is 79.6 cm³/mol. The lowest BCUT2D eigenvalue weighted by atomic mass is 10.1. The smallest absolute Gasteiger partial charge is 0.193 e. The number of thiazole rings is 1. The third kappa shape index (κ3) is 2.89. The van der Waals surface area contributed by atoms with Crippen LogP contribution in [-0.4, -0.2) is 15.9 Å². The molecule has 5 heteroatoms. The van der Waals surface area contributed by atoms with Crippen LogP contribution in [-0.2, 0) is 13.0 Å². The first-order valence-electron chi connectivity index (χ1n) is 6.59. The van der Waals surface area contributed by atoms with E-state index in [1.54, 1.807) is 17.4 Å². The van der Waals surface area contributed by atoms with Crippen LogP contribution in [0.4, 0.5) is 4.39 Å². The van der Waals surface area contributed by atoms with Crippen molar-refractivity contribution in [3.05, 3.63) is 58.6 Å². The number of aromatic nitrogens is 2. The van der Waals surface area contributed by atoms with Gasteiger partial charge in [-0.25, -0.2) is 9.37 Å². The van der Waals surface area contributed by atoms with Gasteiger partial charge in [0.1, 0.15) is 5.82 Å². The maximum atomic E-state index is 13.0. The number of imidazole rings is 1. The second-order valence-electron chi connectivity index (χ2n) is 4.82. The molecule has 104 valence electrons. The molecule has 0 bridgehead atoms. The predicted octanol–water partition coefficient (Wildman–Crippen LogP) is 3.18. The summed E-state index contributed by atoms with van der Waals surface area (Å²) in [6.45, 7) is 3.56. The van der Waals surface area contributed by atoms with Crippen LogP contribution in [0.25, 0.3) is 4.96 Å². The summed E-state index contributed by atoms with van der Waals surface area (Å²) in [5.41, 5.74) is 3.24. The highest BCUT2D eigenvalue weighted by atomic mass is 32.1. The van der Waals surface area contributed by atoms with E-state index < -0.39 is 0 Å². The first-order valence-corrected chi connectivity index (χ1v) is 7.47. The van der Waals surface area contributed by atoms with E-state index in [-0.39, 0.29) is 5.82 Å². The molecule has 3 rings (SSSR count). The molecule has 0 radical (unpaired) electrons. The van der Waals surface area contributed by atoms with Crippen LogP contribution < -0.4 is 5.32 Å². The van der Waals surface area contributed by atoms with Gasteiger partial charge in [0.25, 0.3) is 0 Å². The summed E-state index contributed by atoms with van der Waals surface area (Å²) in [6, 6.07) is 4.96. The highest BCUT2D eigenvalue weighted by Crippen LogP contribution is 2.12. The van der Waals surface area contributed by atoms with Gasteiger partial charge in [0.15, 0.2) is 4.96 Å². The number of hydrogen-bond donors (Lipinski definition) is 1. The van der Waals surface area contributed by atoms with Gasteiger partial charge in [0.2, 0.25) is 0 Å². The molecule has 0 unspecified atom stereocenters. The summed E-state index contributed by atoms with van der Waals surface area (Å²) in [5, 5.41) is 5.40. The Morgan fingerprint density at radius 1 is 1.40 bits per heavy atom. The summed E-state index contributed by atoms with van der Waals surface area (Å²) in [6.07, 6.45) is 4.95. The van der Waals surface area contributed by atoms with Gasteiger partial charge in [0.05, 0.1) is 5.69 Å². The number of halogens is 1. The molecule has 0 aliphatic rings. The largest absolute Gasteiger partial charge is 0.311 e. The minimum atomic E-state index is -0.169. The van der Waals surface area contributed by atoms with Crippen LogP contribution in [0.3, 0.4) is 0 Å². The van der Waals surface area contributed by atoms with Gasteiger partial charge in [-0.05, 0) is 43.1 Å². The first-order chi connectivity index (χ1) is 9.72. The van der Waals surface area contributed by atoms with Crippen molar-refractivity contribution in [1.82, 2.24) is 14.7 Å². The van der Waals surface area contributed by atoms with Crippen molar-refractivity contribution < 1.29 is 4.39 Å². The number of aryl methyl sites for hydroxylation is 1. The fourth-order valence-electron chi connectivity index (χ4n) is 2.24. The minimum absolute atomic E-state index is 0.169. The molecule has 3 aromatic rings. The Kier molecular flexibility index (Phi) is 3.80. The van der Waals surface area contributed by atoms with E-state index in [2.05, 4.69) is 10.3 Å². The third-order valence-electron chi connectivity index (χ3n) is 3.33. The Morgan fingerprint density at radius 2 is 2.30 bits per heavy atom. The van der Waals surface area contributed by atoms with Gasteiger partial charge in [0, 0.05) is 24.3 Å². The van der Waals surface area contributed by atoms with Crippen LogP contribution in [0.5, 0.6) is 0 Å². The zero-order valence-electron chi connectivity index (χ0n) is 11.3. The third-order valence-corrected chi connectivity index (χ3v) is 4.10. The molecule has 0 spiro atoms. The fraction of sp³-hybridized carbons (Fsp3) is 0.267. The van der Waals surface area contributed by atoms with Gasteiger partial charge in [-0.3, -0.25) is 4.40 Å². The molecule has 0 saturated heterocycles. The molecule has 0 aliphatic carbocycles. The molecule has 2 aromatic heterocycles. The van der Waals surface area contributed by atoms with Crippen LogP contribution in [0.1, 0.15) is 16.8 Å². The van der Waals surface area contributed by atoms with Crippen molar-refractivity contribution in [3.8, 4) is 0 Å². The SMILES string of the molecule is Cc1cc(F)ccc1CCNCc1cn2ccsc2n1. The van der Waals surface area contributed by atoms with Gasteiger partial charge in [-0.1, -0.05) is 6.07 Å². The van der Waals surface area contributed by atoms with E-state index >= 15 is 0 Å². The second-order valence-corrected chi connectivity index (χ2v) is 5.70. The van der Waals surface area contributed by atoms with Crippen LogP contribution in [0.2, 0.25) is 0 Å². The highest BCUT2D eigenvalue weighted by molar-refractivity contribution is 7.15. The van der Waals surface area contributed by atoms with E-state index in [0.29, 0.717) is 0 Å². The zero-order valence-corrected chi connectivity index (χ0v) is 12.1. The average Bonchev–Trinajstić information content (AvgIpc) is 2.97. The Labute approximate surface area is 121 Å². The average molecular weight is 289 g/mol. The maximum absolute atomic E-state index is 13.0. The van der Waals surface area contributed by atoms with Crippen molar-refractivity contribution in [2.24, 2.45) is 0 Å². The lowest BCUT2D eigenvalue weighted by Crippen LogP contribution is -2.17. The van der Waals surface area contributed by atoms with Crippen LogP contribution in [0.15, 0.2) is 36.0 Å². The van der Waals surface area contributed by atoms with E-state index in [4.69, 9.17) is 0 Å². The normalized spacial score (nSPS) is 11.3. The summed E-state index contributed by atoms with van der Waals surface area (Å²) < 4.78 is 15.0. The monoisotopic (exact) mass is 289 g/mol. The van der Waals surface area contributed by atoms with E-state index in [9.17, 15) is 4.39 Å². The lowest BCUT2D eigenvalue weighted by Gasteiger charge is -2.06. The van der Waals surface area contributed by atoms with Gasteiger partial charge >= 0.3 is 0 Å². The molecule has 0 saturated carbocycles. The number of nitrogens with one attached hydrogen (secondary N) is 1. The van der Waals surface area contributed by atoms with Crippen molar-refractivity contribution in [2.75, 3.05) is 6.54 Å². The van der Waals surface area contributed by atoms with Crippen LogP contribution >= 0.6 is 11.3 Å². The molecule has 0 amide bonds. The molecular weight excluding hydrogens is 273 g/mol. The summed E-state index contributed by atoms with van der Waals surface area (Å²) in [5.74, 6) is -0.169. The Hall–Kier alpha value is -1.72. The van der Waals surface area contributed by atoms with Crippen LogP contribution in [0, 0.1) is 12.7 Å². The second kappa shape index (κ2) is 5.73. The van der Waals surface area contributed by atoms with Crippen molar-refractivity contribution in [3.63, 3.8) is 0 Å². The summed E-state index contributed by atoms with van der Waals surface area (Å²) >= 11 is 1.64. The summed E-state index contributed by atoms with van der Waals surface area (Å²) in [7, 11) is 0. The molecule has 0 atom stereocenters. The van der Waals surface area contributed by atoms with E-state index in [1.807, 2.05) is 35.2 Å². The molecule has 0 fully saturated rings. The van der Waals surface area contributed by atoms with Crippen molar-refractivity contribution >= 4 is 16.3 Å². The molecule has 0 aliphatic heterocycles. The highest BCUT2D eigenvalue weighted by Gasteiger charge is 2.03. The van der Waals surface area contributed by atoms with Crippen molar-refractivity contribution in [2.45, 2.75) is 19.9 Å². The summed E-state index contributed by atoms with van der Waals surface area (Å²) in [4.78, 5) is 5.54. The molecule has 20 heavy (non-hydrogen) atoms. The van der Waals surface area contributed by atoms with E-state index in [0.717, 1.165) is 35.7 Å². The maximum Gasteiger partial charge on any atom is 0.193 e. The number of rotatable bonds is 5. The fourth-order valence-corrected chi connectivity index (χ4v) is 2.96. The Bertz CT molecular complexity index is 688. The quantitative estimate of drug-likeness (QED) is 0.731. The first kappa shape index (κ1) is 13.3. The number of fused-ring (bicyclic) bond motifs is 1. The molecule has 1 N–H and O–H groups in total. The standard InChI is InChI=1S/C15H16FN3S/c1-11-8-13(16)3-2-12(11)4-5-17-9-14-10-19-6-7-20-15(19)18-14/h2-3,6-8,10,17H,4-5,9H2,1H3. The van der Waals surface area contributed by atoms with Gasteiger partial charge < -0.3 is 5.32 Å². The van der Waals surface area contributed by atoms with Gasteiger partial charge in [-0.15, -0.1) is 11.3 Å².